The van der Waals surface area contributed by atoms with Gasteiger partial charge in [0.15, 0.2) is 0 Å². The van der Waals surface area contributed by atoms with Crippen LogP contribution in [-0.2, 0) is 0 Å². The van der Waals surface area contributed by atoms with Crippen molar-refractivity contribution >= 4 is 34.6 Å². The van der Waals surface area contributed by atoms with Gasteiger partial charge in [0.05, 0.1) is 17.4 Å². The minimum Gasteiger partial charge on any atom is -0.354 e. The smallest absolute Gasteiger partial charge is 0.257 e. The largest absolute Gasteiger partial charge is 0.354 e. The van der Waals surface area contributed by atoms with E-state index in [1.807, 2.05) is 56.3 Å². The summed E-state index contributed by atoms with van der Waals surface area (Å²) in [5, 5.41) is 6.78. The number of aryl methyl sites for hydroxylation is 2. The molecular weight excluding hydrogens is 334 g/mol. The number of amides is 1. The van der Waals surface area contributed by atoms with Crippen molar-refractivity contribution in [3.8, 4) is 0 Å². The highest BCUT2D eigenvalue weighted by molar-refractivity contribution is 6.30. The van der Waals surface area contributed by atoms with E-state index in [-0.39, 0.29) is 5.91 Å². The Morgan fingerprint density at radius 3 is 2.64 bits per heavy atom. The van der Waals surface area contributed by atoms with Crippen molar-refractivity contribution in [1.82, 2.24) is 4.98 Å². The number of pyridine rings is 1. The number of rotatable bonds is 4. The van der Waals surface area contributed by atoms with Crippen molar-refractivity contribution in [3.63, 3.8) is 0 Å². The molecule has 0 spiro atoms. The highest BCUT2D eigenvalue weighted by atomic mass is 35.5. The van der Waals surface area contributed by atoms with E-state index in [0.29, 0.717) is 10.6 Å². The fourth-order valence-corrected chi connectivity index (χ4v) is 2.62. The average Bonchev–Trinajstić information content (AvgIpc) is 2.58. The van der Waals surface area contributed by atoms with Gasteiger partial charge < -0.3 is 10.6 Å². The summed E-state index contributed by atoms with van der Waals surface area (Å²) >= 11 is 6.05. The molecule has 126 valence electrons. The van der Waals surface area contributed by atoms with Crippen LogP contribution in [0.4, 0.5) is 17.1 Å². The van der Waals surface area contributed by atoms with Gasteiger partial charge in [-0.2, -0.15) is 0 Å². The number of aromatic nitrogens is 1. The Labute approximate surface area is 151 Å². The van der Waals surface area contributed by atoms with Crippen molar-refractivity contribution in [2.45, 2.75) is 13.8 Å². The minimum atomic E-state index is -0.204. The Morgan fingerprint density at radius 2 is 1.84 bits per heavy atom. The molecule has 3 aromatic rings. The number of halogens is 1. The molecule has 0 atom stereocenters. The molecule has 0 unspecified atom stereocenters. The predicted molar refractivity (Wildman–Crippen MR) is 103 cm³/mol. The number of nitrogens with one attached hydrogen (secondary N) is 2. The molecule has 0 aliphatic heterocycles. The van der Waals surface area contributed by atoms with Gasteiger partial charge in [-0.1, -0.05) is 29.8 Å². The fourth-order valence-electron chi connectivity index (χ4n) is 2.44. The van der Waals surface area contributed by atoms with Gasteiger partial charge in [0.25, 0.3) is 5.91 Å². The van der Waals surface area contributed by atoms with E-state index < -0.39 is 0 Å². The quantitative estimate of drug-likeness (QED) is 0.666. The van der Waals surface area contributed by atoms with Gasteiger partial charge >= 0.3 is 0 Å². The summed E-state index contributed by atoms with van der Waals surface area (Å²) in [6.07, 6.45) is 3.21. The molecule has 1 heterocycles. The van der Waals surface area contributed by atoms with E-state index >= 15 is 0 Å². The van der Waals surface area contributed by atoms with Crippen LogP contribution >= 0.6 is 11.6 Å². The Kier molecular flexibility index (Phi) is 5.00. The van der Waals surface area contributed by atoms with Crippen LogP contribution in [0.3, 0.4) is 0 Å². The SMILES string of the molecule is Cc1cccc(NC(=O)c2cncc(Nc3cc(Cl)ccc3C)c2)c1. The van der Waals surface area contributed by atoms with Crippen molar-refractivity contribution in [2.24, 2.45) is 0 Å². The second-order valence-electron chi connectivity index (χ2n) is 5.87. The molecule has 0 saturated carbocycles. The summed E-state index contributed by atoms with van der Waals surface area (Å²) in [6.45, 7) is 3.97. The zero-order chi connectivity index (χ0) is 17.8. The maximum Gasteiger partial charge on any atom is 0.257 e. The number of carbonyl (C=O) groups is 1. The third-order valence-corrected chi connectivity index (χ3v) is 3.99. The lowest BCUT2D eigenvalue weighted by atomic mass is 10.2. The standard InChI is InChI=1S/C20H18ClN3O/c1-13-4-3-5-17(8-13)24-20(25)15-9-18(12-22-11-15)23-19-10-16(21)7-6-14(19)2/h3-12,23H,1-2H3,(H,24,25). The summed E-state index contributed by atoms with van der Waals surface area (Å²) < 4.78 is 0. The highest BCUT2D eigenvalue weighted by Gasteiger charge is 2.09. The van der Waals surface area contributed by atoms with Crippen LogP contribution in [0.1, 0.15) is 21.5 Å². The predicted octanol–water partition coefficient (Wildman–Crippen LogP) is 5.35. The third kappa shape index (κ3) is 4.37. The van der Waals surface area contributed by atoms with Crippen molar-refractivity contribution < 1.29 is 4.79 Å². The molecule has 2 N–H and O–H groups in total. The second kappa shape index (κ2) is 7.36. The maximum absolute atomic E-state index is 12.5. The van der Waals surface area contributed by atoms with Gasteiger partial charge in [-0.3, -0.25) is 9.78 Å². The molecule has 0 fully saturated rings. The van der Waals surface area contributed by atoms with Gasteiger partial charge in [0, 0.05) is 22.6 Å². The number of carbonyl (C=O) groups excluding carboxylic acids is 1. The monoisotopic (exact) mass is 351 g/mol. The van der Waals surface area contributed by atoms with Gasteiger partial charge in [-0.15, -0.1) is 0 Å². The van der Waals surface area contributed by atoms with Crippen molar-refractivity contribution in [3.05, 3.63) is 82.6 Å². The van der Waals surface area contributed by atoms with Crippen LogP contribution in [-0.4, -0.2) is 10.9 Å². The van der Waals surface area contributed by atoms with Crippen LogP contribution < -0.4 is 10.6 Å². The van der Waals surface area contributed by atoms with Crippen molar-refractivity contribution in [1.29, 1.82) is 0 Å². The fraction of sp³-hybridized carbons (Fsp3) is 0.100. The Bertz CT molecular complexity index is 924. The molecule has 5 heteroatoms. The lowest BCUT2D eigenvalue weighted by Crippen LogP contribution is -2.12. The van der Waals surface area contributed by atoms with E-state index in [4.69, 9.17) is 11.6 Å². The Morgan fingerprint density at radius 1 is 1.00 bits per heavy atom. The van der Waals surface area contributed by atoms with Crippen LogP contribution in [0.5, 0.6) is 0 Å². The van der Waals surface area contributed by atoms with Crippen LogP contribution in [0.15, 0.2) is 60.9 Å². The zero-order valence-corrected chi connectivity index (χ0v) is 14.8. The molecule has 25 heavy (non-hydrogen) atoms. The van der Waals surface area contributed by atoms with Gasteiger partial charge in [-0.25, -0.2) is 0 Å². The molecule has 3 rings (SSSR count). The zero-order valence-electron chi connectivity index (χ0n) is 14.0. The van der Waals surface area contributed by atoms with Crippen LogP contribution in [0, 0.1) is 13.8 Å². The number of hydrogen-bond donors (Lipinski definition) is 2. The summed E-state index contributed by atoms with van der Waals surface area (Å²) in [7, 11) is 0. The van der Waals surface area contributed by atoms with E-state index in [1.54, 1.807) is 18.5 Å². The Hall–Kier alpha value is -2.85. The first-order chi connectivity index (χ1) is 12.0. The number of hydrogen-bond acceptors (Lipinski definition) is 3. The van der Waals surface area contributed by atoms with E-state index in [9.17, 15) is 4.79 Å². The highest BCUT2D eigenvalue weighted by Crippen LogP contribution is 2.24. The number of benzene rings is 2. The third-order valence-electron chi connectivity index (χ3n) is 3.76. The first kappa shape index (κ1) is 17.0. The van der Waals surface area contributed by atoms with Crippen LogP contribution in [0.25, 0.3) is 0 Å². The second-order valence-corrected chi connectivity index (χ2v) is 6.31. The lowest BCUT2D eigenvalue weighted by molar-refractivity contribution is 0.102. The molecular formula is C20H18ClN3O. The molecule has 1 aromatic heterocycles. The normalized spacial score (nSPS) is 10.4. The number of anilines is 3. The Balaban J connectivity index is 1.79. The van der Waals surface area contributed by atoms with E-state index in [2.05, 4.69) is 15.6 Å². The van der Waals surface area contributed by atoms with Gasteiger partial charge in [0.2, 0.25) is 0 Å². The summed E-state index contributed by atoms with van der Waals surface area (Å²) in [6, 6.07) is 15.0. The molecule has 1 amide bonds. The van der Waals surface area contributed by atoms with E-state index in [0.717, 1.165) is 28.2 Å². The molecule has 0 radical (unpaired) electrons. The minimum absolute atomic E-state index is 0.204. The first-order valence-electron chi connectivity index (χ1n) is 7.87. The maximum atomic E-state index is 12.5. The molecule has 0 aliphatic rings. The summed E-state index contributed by atoms with van der Waals surface area (Å²) in [4.78, 5) is 16.6. The average molecular weight is 352 g/mol. The van der Waals surface area contributed by atoms with Crippen LogP contribution in [0.2, 0.25) is 5.02 Å². The van der Waals surface area contributed by atoms with E-state index in [1.165, 1.54) is 0 Å². The molecule has 0 aliphatic carbocycles. The first-order valence-corrected chi connectivity index (χ1v) is 8.25. The van der Waals surface area contributed by atoms with Gasteiger partial charge in [-0.05, 0) is 55.3 Å². The topological polar surface area (TPSA) is 54.0 Å². The molecule has 0 saturated heterocycles. The molecule has 0 bridgehead atoms. The van der Waals surface area contributed by atoms with Crippen molar-refractivity contribution in [2.75, 3.05) is 10.6 Å². The summed E-state index contributed by atoms with van der Waals surface area (Å²) in [5.74, 6) is -0.204. The molecule has 2 aromatic carbocycles. The lowest BCUT2D eigenvalue weighted by Gasteiger charge is -2.11. The van der Waals surface area contributed by atoms with Gasteiger partial charge in [0.1, 0.15) is 0 Å². The number of nitrogens with zero attached hydrogens (tertiary/aromatic N) is 1. The molecule has 4 nitrogen and oxygen atoms in total. The summed E-state index contributed by atoms with van der Waals surface area (Å²) in [5.41, 5.74) is 4.98.